The third-order valence-corrected chi connectivity index (χ3v) is 4.64. The second-order valence-corrected chi connectivity index (χ2v) is 6.72. The quantitative estimate of drug-likeness (QED) is 0.757. The number of hydrogen-bond acceptors (Lipinski definition) is 1. The first-order valence-corrected chi connectivity index (χ1v) is 7.60. The summed E-state index contributed by atoms with van der Waals surface area (Å²) in [6, 6.07) is 4.71. The van der Waals surface area contributed by atoms with Crippen LogP contribution < -0.4 is 0 Å². The van der Waals surface area contributed by atoms with Gasteiger partial charge in [0.15, 0.2) is 0 Å². The molecule has 19 heavy (non-hydrogen) atoms. The van der Waals surface area contributed by atoms with Crippen molar-refractivity contribution in [3.05, 3.63) is 35.1 Å². The van der Waals surface area contributed by atoms with E-state index in [0.717, 1.165) is 25.9 Å². The van der Waals surface area contributed by atoms with Crippen LogP contribution in [-0.2, 0) is 0 Å². The Bertz CT molecular complexity index is 467. The van der Waals surface area contributed by atoms with Gasteiger partial charge in [-0.3, -0.25) is 4.79 Å². The summed E-state index contributed by atoms with van der Waals surface area (Å²) in [6.45, 7) is 5.37. The lowest BCUT2D eigenvalue weighted by atomic mass is 9.94. The van der Waals surface area contributed by atoms with Gasteiger partial charge in [-0.25, -0.2) is 4.39 Å². The molecule has 1 amide bonds. The SMILES string of the molecule is Cc1ccc(C(=O)N2CCC(C(C)Br)CC2)cc1F. The first kappa shape index (κ1) is 14.5. The molecule has 1 aromatic carbocycles. The van der Waals surface area contributed by atoms with Crippen molar-refractivity contribution in [2.24, 2.45) is 5.92 Å². The zero-order chi connectivity index (χ0) is 14.0. The van der Waals surface area contributed by atoms with Gasteiger partial charge in [0, 0.05) is 23.5 Å². The highest BCUT2D eigenvalue weighted by molar-refractivity contribution is 9.09. The number of carbonyl (C=O) groups is 1. The molecule has 1 fully saturated rings. The molecule has 1 aliphatic heterocycles. The van der Waals surface area contributed by atoms with Crippen molar-refractivity contribution in [2.75, 3.05) is 13.1 Å². The second-order valence-electron chi connectivity index (χ2n) is 5.27. The van der Waals surface area contributed by atoms with Crippen molar-refractivity contribution >= 4 is 21.8 Å². The van der Waals surface area contributed by atoms with Crippen LogP contribution in [0.15, 0.2) is 18.2 Å². The number of benzene rings is 1. The number of halogens is 2. The molecule has 4 heteroatoms. The van der Waals surface area contributed by atoms with E-state index in [9.17, 15) is 9.18 Å². The number of rotatable bonds is 2. The number of amides is 1. The maximum atomic E-state index is 13.5. The third kappa shape index (κ3) is 3.35. The van der Waals surface area contributed by atoms with Crippen LogP contribution in [0.4, 0.5) is 4.39 Å². The summed E-state index contributed by atoms with van der Waals surface area (Å²) < 4.78 is 13.5. The van der Waals surface area contributed by atoms with Crippen molar-refractivity contribution in [3.8, 4) is 0 Å². The molecule has 0 aromatic heterocycles. The average Bonchev–Trinajstić information content (AvgIpc) is 2.41. The van der Waals surface area contributed by atoms with Gasteiger partial charge in [0.2, 0.25) is 0 Å². The van der Waals surface area contributed by atoms with Crippen LogP contribution in [0.1, 0.15) is 35.7 Å². The Morgan fingerprint density at radius 1 is 1.42 bits per heavy atom. The van der Waals surface area contributed by atoms with Gasteiger partial charge in [0.25, 0.3) is 5.91 Å². The fourth-order valence-electron chi connectivity index (χ4n) is 2.47. The molecule has 0 radical (unpaired) electrons. The van der Waals surface area contributed by atoms with Crippen LogP contribution in [0.3, 0.4) is 0 Å². The predicted octanol–water partition coefficient (Wildman–Crippen LogP) is 3.77. The molecule has 1 aromatic rings. The molecule has 1 unspecified atom stereocenters. The average molecular weight is 328 g/mol. The highest BCUT2D eigenvalue weighted by atomic mass is 79.9. The van der Waals surface area contributed by atoms with E-state index < -0.39 is 0 Å². The summed E-state index contributed by atoms with van der Waals surface area (Å²) in [5.74, 6) is 0.258. The first-order valence-electron chi connectivity index (χ1n) is 6.68. The molecule has 0 N–H and O–H groups in total. The fourth-order valence-corrected chi connectivity index (χ4v) is 3.00. The molecule has 1 atom stereocenters. The van der Waals surface area contributed by atoms with Crippen LogP contribution >= 0.6 is 15.9 Å². The molecule has 0 saturated carbocycles. The van der Waals surface area contributed by atoms with E-state index in [1.54, 1.807) is 19.1 Å². The largest absolute Gasteiger partial charge is 0.339 e. The Hall–Kier alpha value is -0.900. The number of alkyl halides is 1. The zero-order valence-electron chi connectivity index (χ0n) is 11.3. The van der Waals surface area contributed by atoms with E-state index in [0.29, 0.717) is 21.9 Å². The molecule has 1 saturated heterocycles. The third-order valence-electron chi connectivity index (χ3n) is 3.90. The molecule has 0 aliphatic carbocycles. The minimum absolute atomic E-state index is 0.0559. The Labute approximate surface area is 122 Å². The monoisotopic (exact) mass is 327 g/mol. The maximum absolute atomic E-state index is 13.5. The summed E-state index contributed by atoms with van der Waals surface area (Å²) in [5.41, 5.74) is 1.02. The van der Waals surface area contributed by atoms with Crippen molar-refractivity contribution in [1.29, 1.82) is 0 Å². The van der Waals surface area contributed by atoms with Crippen LogP contribution in [0.5, 0.6) is 0 Å². The molecule has 2 rings (SSSR count). The fraction of sp³-hybridized carbons (Fsp3) is 0.533. The van der Waals surface area contributed by atoms with Crippen LogP contribution in [0.25, 0.3) is 0 Å². The molecule has 0 bridgehead atoms. The summed E-state index contributed by atoms with van der Waals surface area (Å²) in [4.78, 5) is 14.6. The van der Waals surface area contributed by atoms with E-state index in [1.165, 1.54) is 6.07 Å². The molecular weight excluding hydrogens is 309 g/mol. The smallest absolute Gasteiger partial charge is 0.253 e. The van der Waals surface area contributed by atoms with Gasteiger partial charge >= 0.3 is 0 Å². The van der Waals surface area contributed by atoms with Gasteiger partial charge in [-0.2, -0.15) is 0 Å². The minimum Gasteiger partial charge on any atom is -0.339 e. The van der Waals surface area contributed by atoms with Gasteiger partial charge in [-0.15, -0.1) is 0 Å². The molecule has 1 heterocycles. The number of likely N-dealkylation sites (tertiary alicyclic amines) is 1. The van der Waals surface area contributed by atoms with Crippen molar-refractivity contribution in [3.63, 3.8) is 0 Å². The van der Waals surface area contributed by atoms with Gasteiger partial charge in [-0.1, -0.05) is 28.9 Å². The van der Waals surface area contributed by atoms with Crippen LogP contribution in [0.2, 0.25) is 0 Å². The molecule has 1 aliphatic rings. The summed E-state index contributed by atoms with van der Waals surface area (Å²) >= 11 is 3.60. The molecule has 2 nitrogen and oxygen atoms in total. The number of aryl methyl sites for hydroxylation is 1. The molecular formula is C15H19BrFNO. The van der Waals surface area contributed by atoms with E-state index in [-0.39, 0.29) is 11.7 Å². The Balaban J connectivity index is 2.03. The lowest BCUT2D eigenvalue weighted by molar-refractivity contribution is 0.0691. The molecule has 104 valence electrons. The van der Waals surface area contributed by atoms with E-state index >= 15 is 0 Å². The first-order chi connectivity index (χ1) is 8.99. The predicted molar refractivity (Wildman–Crippen MR) is 78.2 cm³/mol. The van der Waals surface area contributed by atoms with Crippen molar-refractivity contribution in [2.45, 2.75) is 31.5 Å². The van der Waals surface area contributed by atoms with Gasteiger partial charge in [0.05, 0.1) is 0 Å². The Morgan fingerprint density at radius 2 is 2.05 bits per heavy atom. The Morgan fingerprint density at radius 3 is 2.58 bits per heavy atom. The number of nitrogens with zero attached hydrogens (tertiary/aromatic N) is 1. The maximum Gasteiger partial charge on any atom is 0.253 e. The van der Waals surface area contributed by atoms with Gasteiger partial charge in [0.1, 0.15) is 5.82 Å². The summed E-state index contributed by atoms with van der Waals surface area (Å²) in [5, 5.41) is 0. The highest BCUT2D eigenvalue weighted by Crippen LogP contribution is 2.26. The molecule has 0 spiro atoms. The lowest BCUT2D eigenvalue weighted by Crippen LogP contribution is -2.40. The zero-order valence-corrected chi connectivity index (χ0v) is 12.9. The summed E-state index contributed by atoms with van der Waals surface area (Å²) in [7, 11) is 0. The Kier molecular flexibility index (Phi) is 4.61. The normalized spacial score (nSPS) is 18.4. The van der Waals surface area contributed by atoms with Crippen LogP contribution in [-0.4, -0.2) is 28.7 Å². The number of piperidine rings is 1. The van der Waals surface area contributed by atoms with E-state index in [1.807, 2.05) is 4.90 Å². The highest BCUT2D eigenvalue weighted by Gasteiger charge is 2.25. The van der Waals surface area contributed by atoms with E-state index in [2.05, 4.69) is 22.9 Å². The minimum atomic E-state index is -0.310. The topological polar surface area (TPSA) is 20.3 Å². The number of hydrogen-bond donors (Lipinski definition) is 0. The van der Waals surface area contributed by atoms with Crippen LogP contribution in [0, 0.1) is 18.7 Å². The van der Waals surface area contributed by atoms with Gasteiger partial charge in [-0.05, 0) is 43.4 Å². The van der Waals surface area contributed by atoms with E-state index in [4.69, 9.17) is 0 Å². The number of carbonyl (C=O) groups excluding carboxylic acids is 1. The summed E-state index contributed by atoms with van der Waals surface area (Å²) in [6.07, 6.45) is 2.01. The van der Waals surface area contributed by atoms with Gasteiger partial charge < -0.3 is 4.90 Å². The van der Waals surface area contributed by atoms with Crippen molar-refractivity contribution < 1.29 is 9.18 Å². The van der Waals surface area contributed by atoms with Crippen molar-refractivity contribution in [1.82, 2.24) is 4.90 Å². The standard InChI is InChI=1S/C15H19BrFNO/c1-10-3-4-13(9-14(10)17)15(19)18-7-5-12(6-8-18)11(2)16/h3-4,9,11-12H,5-8H2,1-2H3. The lowest BCUT2D eigenvalue weighted by Gasteiger charge is -2.33. The second kappa shape index (κ2) is 6.04.